The number of benzene rings is 2. The van der Waals surface area contributed by atoms with Crippen LogP contribution in [0.15, 0.2) is 55.0 Å². The molecule has 2 atom stereocenters. The highest BCUT2D eigenvalue weighted by atomic mass is 16.2. The van der Waals surface area contributed by atoms with Crippen LogP contribution < -0.4 is 5.32 Å². The molecule has 1 saturated heterocycles. The third-order valence-electron chi connectivity index (χ3n) is 6.60. The van der Waals surface area contributed by atoms with Gasteiger partial charge in [0, 0.05) is 24.7 Å². The molecule has 0 bridgehead atoms. The molecule has 8 heteroatoms. The summed E-state index contributed by atoms with van der Waals surface area (Å²) in [5.41, 5.74) is 4.42. The molecule has 1 aliphatic rings. The fourth-order valence-corrected chi connectivity index (χ4v) is 4.72. The summed E-state index contributed by atoms with van der Waals surface area (Å²) < 4.78 is 0. The van der Waals surface area contributed by atoms with Crippen LogP contribution in [0.5, 0.6) is 0 Å². The summed E-state index contributed by atoms with van der Waals surface area (Å²) in [5.74, 6) is 0.939. The predicted octanol–water partition coefficient (Wildman–Crippen LogP) is 4.18. The van der Waals surface area contributed by atoms with Crippen LogP contribution in [0.2, 0.25) is 0 Å². The van der Waals surface area contributed by atoms with Crippen molar-refractivity contribution in [2.45, 2.75) is 39.7 Å². The van der Waals surface area contributed by atoms with Gasteiger partial charge in [-0.25, -0.2) is 9.97 Å². The molecule has 8 nitrogen and oxygen atoms in total. The first kappa shape index (κ1) is 22.0. The van der Waals surface area contributed by atoms with Gasteiger partial charge in [-0.15, -0.1) is 0 Å². The zero-order chi connectivity index (χ0) is 23.7. The van der Waals surface area contributed by atoms with Gasteiger partial charge in [-0.2, -0.15) is 15.0 Å². The second-order valence-electron chi connectivity index (χ2n) is 9.16. The standard InChI is InChI=1S/C26H29N7O/c1-17-7-9-23(33-29-10-11-30-33)21(13-17)25(34)32-12-4-5-19(3)24(32)16-28-26-27-15-20-8-6-18(2)14-22(20)31-26/h6-11,13-15,19,24H,4-5,12,16H2,1-3H3,(H,27,28,31). The Morgan fingerprint density at radius 2 is 1.85 bits per heavy atom. The molecule has 1 aliphatic heterocycles. The normalized spacial score (nSPS) is 18.3. The number of rotatable bonds is 5. The highest BCUT2D eigenvalue weighted by Gasteiger charge is 2.33. The Morgan fingerprint density at radius 3 is 2.68 bits per heavy atom. The van der Waals surface area contributed by atoms with Crippen molar-refractivity contribution in [2.75, 3.05) is 18.4 Å². The first-order valence-corrected chi connectivity index (χ1v) is 11.7. The molecule has 174 valence electrons. The maximum atomic E-state index is 13.8. The summed E-state index contributed by atoms with van der Waals surface area (Å²) in [4.78, 5) is 26.5. The van der Waals surface area contributed by atoms with E-state index in [1.165, 1.54) is 4.80 Å². The van der Waals surface area contributed by atoms with Crippen LogP contribution in [-0.4, -0.2) is 54.9 Å². The Morgan fingerprint density at radius 1 is 1.09 bits per heavy atom. The number of nitrogens with one attached hydrogen (secondary N) is 1. The highest BCUT2D eigenvalue weighted by Crippen LogP contribution is 2.27. The Bertz CT molecular complexity index is 1320. The monoisotopic (exact) mass is 455 g/mol. The van der Waals surface area contributed by atoms with E-state index < -0.39 is 0 Å². The van der Waals surface area contributed by atoms with Gasteiger partial charge >= 0.3 is 0 Å². The molecule has 5 rings (SSSR count). The minimum Gasteiger partial charge on any atom is -0.352 e. The van der Waals surface area contributed by atoms with E-state index in [-0.39, 0.29) is 11.9 Å². The molecule has 1 fully saturated rings. The summed E-state index contributed by atoms with van der Waals surface area (Å²) in [6.45, 7) is 7.56. The van der Waals surface area contributed by atoms with Gasteiger partial charge in [0.2, 0.25) is 5.95 Å². The fourth-order valence-electron chi connectivity index (χ4n) is 4.72. The minimum atomic E-state index is 0.00408. The molecule has 0 spiro atoms. The predicted molar refractivity (Wildman–Crippen MR) is 132 cm³/mol. The number of amides is 1. The van der Waals surface area contributed by atoms with Crippen molar-refractivity contribution in [2.24, 2.45) is 5.92 Å². The number of nitrogens with zero attached hydrogens (tertiary/aromatic N) is 6. The van der Waals surface area contributed by atoms with Crippen LogP contribution in [0.4, 0.5) is 5.95 Å². The van der Waals surface area contributed by atoms with E-state index in [1.54, 1.807) is 12.4 Å². The Hall–Kier alpha value is -3.81. The minimum absolute atomic E-state index is 0.00408. The zero-order valence-electron chi connectivity index (χ0n) is 19.8. The smallest absolute Gasteiger partial charge is 0.256 e. The lowest BCUT2D eigenvalue weighted by molar-refractivity contribution is 0.0539. The molecule has 1 amide bonds. The molecule has 0 radical (unpaired) electrons. The average molecular weight is 456 g/mol. The van der Waals surface area contributed by atoms with E-state index in [0.29, 0.717) is 36.2 Å². The van der Waals surface area contributed by atoms with Crippen LogP contribution in [0, 0.1) is 19.8 Å². The van der Waals surface area contributed by atoms with Gasteiger partial charge in [0.25, 0.3) is 5.91 Å². The first-order chi connectivity index (χ1) is 16.5. The molecule has 2 aromatic heterocycles. The molecule has 4 aromatic rings. The van der Waals surface area contributed by atoms with Crippen molar-refractivity contribution in [3.63, 3.8) is 0 Å². The molecule has 34 heavy (non-hydrogen) atoms. The first-order valence-electron chi connectivity index (χ1n) is 11.7. The van der Waals surface area contributed by atoms with Crippen molar-refractivity contribution >= 4 is 22.8 Å². The lowest BCUT2D eigenvalue weighted by atomic mass is 9.90. The molecule has 2 aromatic carbocycles. The van der Waals surface area contributed by atoms with Gasteiger partial charge in [0.1, 0.15) is 0 Å². The molecular weight excluding hydrogens is 426 g/mol. The number of fused-ring (bicyclic) bond motifs is 1. The average Bonchev–Trinajstić information content (AvgIpc) is 3.37. The third kappa shape index (κ3) is 4.35. The fraction of sp³-hybridized carbons (Fsp3) is 0.346. The third-order valence-corrected chi connectivity index (χ3v) is 6.60. The summed E-state index contributed by atoms with van der Waals surface area (Å²) in [6.07, 6.45) is 7.14. The topological polar surface area (TPSA) is 88.8 Å². The maximum Gasteiger partial charge on any atom is 0.256 e. The molecule has 0 saturated carbocycles. The molecular formula is C26H29N7O. The number of piperidine rings is 1. The quantitative estimate of drug-likeness (QED) is 0.486. The largest absolute Gasteiger partial charge is 0.352 e. The molecule has 0 aliphatic carbocycles. The van der Waals surface area contributed by atoms with Gasteiger partial charge in [-0.05, 0) is 56.4 Å². The van der Waals surface area contributed by atoms with E-state index in [0.717, 1.165) is 34.9 Å². The van der Waals surface area contributed by atoms with Crippen LogP contribution in [0.1, 0.15) is 41.3 Å². The summed E-state index contributed by atoms with van der Waals surface area (Å²) in [6, 6.07) is 12.0. The molecule has 1 N–H and O–H groups in total. The van der Waals surface area contributed by atoms with Crippen molar-refractivity contribution in [1.82, 2.24) is 29.9 Å². The van der Waals surface area contributed by atoms with Gasteiger partial charge in [0.05, 0.1) is 35.2 Å². The highest BCUT2D eigenvalue weighted by molar-refractivity contribution is 5.98. The number of carbonyl (C=O) groups is 1. The molecule has 3 heterocycles. The maximum absolute atomic E-state index is 13.8. The van der Waals surface area contributed by atoms with Crippen molar-refractivity contribution in [1.29, 1.82) is 0 Å². The van der Waals surface area contributed by atoms with Gasteiger partial charge in [0.15, 0.2) is 0 Å². The Kier molecular flexibility index (Phi) is 5.96. The summed E-state index contributed by atoms with van der Waals surface area (Å²) in [5, 5.41) is 12.9. The Balaban J connectivity index is 1.40. The number of carbonyl (C=O) groups excluding carboxylic acids is 1. The van der Waals surface area contributed by atoms with E-state index in [2.05, 4.69) is 51.5 Å². The number of hydrogen-bond donors (Lipinski definition) is 1. The molecule has 2 unspecified atom stereocenters. The van der Waals surface area contributed by atoms with Crippen LogP contribution in [0.25, 0.3) is 16.6 Å². The number of aryl methyl sites for hydroxylation is 2. The Labute approximate surface area is 199 Å². The number of anilines is 1. The SMILES string of the molecule is Cc1ccc(-n2nccn2)c(C(=O)N2CCCC(C)C2CNc2ncc3ccc(C)cc3n2)c1. The van der Waals surface area contributed by atoms with Gasteiger partial charge < -0.3 is 10.2 Å². The van der Waals surface area contributed by atoms with E-state index in [1.807, 2.05) is 42.3 Å². The van der Waals surface area contributed by atoms with Gasteiger partial charge in [-0.1, -0.05) is 30.7 Å². The lowest BCUT2D eigenvalue weighted by Crippen LogP contribution is -2.51. The van der Waals surface area contributed by atoms with Crippen LogP contribution in [0.3, 0.4) is 0 Å². The second kappa shape index (κ2) is 9.21. The van der Waals surface area contributed by atoms with Crippen LogP contribution in [-0.2, 0) is 0 Å². The number of hydrogen-bond acceptors (Lipinski definition) is 6. The number of aromatic nitrogens is 5. The summed E-state index contributed by atoms with van der Waals surface area (Å²) in [7, 11) is 0. The van der Waals surface area contributed by atoms with E-state index >= 15 is 0 Å². The van der Waals surface area contributed by atoms with Crippen molar-refractivity contribution < 1.29 is 4.79 Å². The zero-order valence-corrected chi connectivity index (χ0v) is 19.8. The van der Waals surface area contributed by atoms with E-state index in [9.17, 15) is 4.79 Å². The van der Waals surface area contributed by atoms with Crippen molar-refractivity contribution in [3.8, 4) is 5.69 Å². The van der Waals surface area contributed by atoms with E-state index in [4.69, 9.17) is 0 Å². The number of likely N-dealkylation sites (tertiary alicyclic amines) is 1. The lowest BCUT2D eigenvalue weighted by Gasteiger charge is -2.40. The van der Waals surface area contributed by atoms with Gasteiger partial charge in [-0.3, -0.25) is 4.79 Å². The summed E-state index contributed by atoms with van der Waals surface area (Å²) >= 11 is 0. The van der Waals surface area contributed by atoms with Crippen LogP contribution >= 0.6 is 0 Å². The second-order valence-corrected chi connectivity index (χ2v) is 9.16. The van der Waals surface area contributed by atoms with Crippen molar-refractivity contribution in [3.05, 3.63) is 71.7 Å².